The molecule has 0 saturated carbocycles. The van der Waals surface area contributed by atoms with Crippen molar-refractivity contribution in [2.75, 3.05) is 0 Å². The predicted molar refractivity (Wildman–Crippen MR) is 130 cm³/mol. The third kappa shape index (κ3) is 5.15. The molecule has 2 aromatic heterocycles. The Morgan fingerprint density at radius 3 is 2.60 bits per heavy atom. The van der Waals surface area contributed by atoms with E-state index in [1.54, 1.807) is 13.0 Å². The number of ether oxygens (including phenoxy) is 1. The summed E-state index contributed by atoms with van der Waals surface area (Å²) in [5.74, 6) is -0.160. The molecular formula is C26H20ClFN4O3. The van der Waals surface area contributed by atoms with Crippen molar-refractivity contribution in [1.29, 1.82) is 5.26 Å². The monoisotopic (exact) mass is 490 g/mol. The average molecular weight is 491 g/mol. The molecule has 4 rings (SSSR count). The minimum absolute atomic E-state index is 0.000104. The molecule has 9 heteroatoms. The van der Waals surface area contributed by atoms with E-state index < -0.39 is 11.4 Å². The summed E-state index contributed by atoms with van der Waals surface area (Å²) in [7, 11) is 0. The van der Waals surface area contributed by atoms with Gasteiger partial charge in [0.25, 0.3) is 11.1 Å². The van der Waals surface area contributed by atoms with E-state index in [1.807, 2.05) is 13.0 Å². The van der Waals surface area contributed by atoms with Gasteiger partial charge in [-0.1, -0.05) is 30.7 Å². The Morgan fingerprint density at radius 2 is 1.91 bits per heavy atom. The van der Waals surface area contributed by atoms with Gasteiger partial charge < -0.3 is 9.72 Å². The van der Waals surface area contributed by atoms with Crippen LogP contribution < -0.4 is 15.9 Å². The van der Waals surface area contributed by atoms with Crippen LogP contribution in [0, 0.1) is 24.1 Å². The lowest BCUT2D eigenvalue weighted by Crippen LogP contribution is -2.25. The Labute approximate surface area is 205 Å². The van der Waals surface area contributed by atoms with E-state index in [1.165, 1.54) is 53.4 Å². The lowest BCUT2D eigenvalue weighted by Gasteiger charge is -2.14. The van der Waals surface area contributed by atoms with Crippen LogP contribution in [-0.4, -0.2) is 14.5 Å². The molecule has 0 radical (unpaired) electrons. The van der Waals surface area contributed by atoms with E-state index in [9.17, 15) is 19.2 Å². The third-order valence-corrected chi connectivity index (χ3v) is 5.68. The van der Waals surface area contributed by atoms with Crippen LogP contribution in [0.3, 0.4) is 0 Å². The summed E-state index contributed by atoms with van der Waals surface area (Å²) in [5, 5.41) is 9.47. The van der Waals surface area contributed by atoms with Gasteiger partial charge in [-0.2, -0.15) is 5.26 Å². The smallest absolute Gasteiger partial charge is 0.296 e. The van der Waals surface area contributed by atoms with Crippen molar-refractivity contribution in [2.45, 2.75) is 26.8 Å². The fourth-order valence-corrected chi connectivity index (χ4v) is 3.91. The first-order valence-corrected chi connectivity index (χ1v) is 11.1. The molecule has 0 saturated heterocycles. The molecule has 0 atom stereocenters. The number of halogens is 2. The number of benzene rings is 2. The van der Waals surface area contributed by atoms with Crippen molar-refractivity contribution in [3.05, 3.63) is 109 Å². The molecule has 0 aliphatic carbocycles. The minimum atomic E-state index is -0.437. The minimum Gasteiger partial charge on any atom is -0.450 e. The summed E-state index contributed by atoms with van der Waals surface area (Å²) in [4.78, 5) is 33.1. The molecule has 0 aliphatic rings. The Bertz CT molecular complexity index is 1570. The molecule has 0 amide bonds. The second kappa shape index (κ2) is 9.95. The van der Waals surface area contributed by atoms with Crippen LogP contribution in [0.25, 0.3) is 11.1 Å². The molecule has 2 heterocycles. The first-order valence-electron chi connectivity index (χ1n) is 10.7. The highest BCUT2D eigenvalue weighted by Crippen LogP contribution is 2.26. The van der Waals surface area contributed by atoms with Crippen molar-refractivity contribution >= 4 is 11.6 Å². The maximum atomic E-state index is 13.4. The van der Waals surface area contributed by atoms with Crippen molar-refractivity contribution in [3.63, 3.8) is 0 Å². The number of rotatable bonds is 6. The number of nitriles is 1. The molecule has 0 bridgehead atoms. The Balaban J connectivity index is 1.74. The number of nitrogens with one attached hydrogen (secondary N) is 1. The lowest BCUT2D eigenvalue weighted by atomic mass is 10.0. The zero-order valence-corrected chi connectivity index (χ0v) is 19.7. The number of aromatic nitrogens is 3. The van der Waals surface area contributed by atoms with Crippen molar-refractivity contribution in [1.82, 2.24) is 14.5 Å². The summed E-state index contributed by atoms with van der Waals surface area (Å²) in [6.45, 7) is 3.65. The summed E-state index contributed by atoms with van der Waals surface area (Å²) in [5.41, 5.74) is 2.23. The van der Waals surface area contributed by atoms with Gasteiger partial charge in [0.1, 0.15) is 11.6 Å². The van der Waals surface area contributed by atoms with Gasteiger partial charge in [0, 0.05) is 16.3 Å². The zero-order chi connectivity index (χ0) is 25.1. The molecule has 2 aromatic carbocycles. The first kappa shape index (κ1) is 23.9. The van der Waals surface area contributed by atoms with Crippen LogP contribution >= 0.6 is 11.6 Å². The number of aromatic amines is 1. The van der Waals surface area contributed by atoms with Gasteiger partial charge in [0.05, 0.1) is 30.2 Å². The molecule has 7 nitrogen and oxygen atoms in total. The number of hydrogen-bond acceptors (Lipinski definition) is 5. The molecule has 1 N–H and O–H groups in total. The van der Waals surface area contributed by atoms with E-state index >= 15 is 0 Å². The summed E-state index contributed by atoms with van der Waals surface area (Å²) in [6, 6.07) is 13.8. The molecule has 0 unspecified atom stereocenters. The fourth-order valence-electron chi connectivity index (χ4n) is 3.68. The van der Waals surface area contributed by atoms with Crippen molar-refractivity contribution in [2.24, 2.45) is 0 Å². The molecule has 176 valence electrons. The summed E-state index contributed by atoms with van der Waals surface area (Å²) >= 11 is 6.05. The highest BCUT2D eigenvalue weighted by molar-refractivity contribution is 6.30. The topological polar surface area (TPSA) is 101 Å². The molecular weight excluding hydrogens is 471 g/mol. The Hall–Kier alpha value is -4.22. The average Bonchev–Trinajstić information content (AvgIpc) is 2.84. The van der Waals surface area contributed by atoms with Crippen LogP contribution in [0.15, 0.2) is 64.4 Å². The maximum Gasteiger partial charge on any atom is 0.296 e. The van der Waals surface area contributed by atoms with E-state index in [-0.39, 0.29) is 23.6 Å². The number of nitrogens with zero attached hydrogens (tertiary/aromatic N) is 3. The second-order valence-electron chi connectivity index (χ2n) is 7.86. The standard InChI is InChI=1S/C26H20ClFN4O3/c1-3-23-18(10-22(25(33)31-23)17-4-6-20(28)7-5-17)13-32-14-30-15(2)24(26(32)34)35-21-9-16(12-29)8-19(27)11-21/h4-11,14H,3,13H2,1-2H3,(H,31,33). The van der Waals surface area contributed by atoms with Crippen LogP contribution in [0.1, 0.15) is 29.4 Å². The number of aryl methyl sites for hydroxylation is 2. The first-order chi connectivity index (χ1) is 16.8. The van der Waals surface area contributed by atoms with Crippen LogP contribution in [0.2, 0.25) is 5.02 Å². The van der Waals surface area contributed by atoms with Crippen LogP contribution in [-0.2, 0) is 13.0 Å². The number of hydrogen-bond donors (Lipinski definition) is 1. The molecule has 0 spiro atoms. The van der Waals surface area contributed by atoms with E-state index in [4.69, 9.17) is 16.3 Å². The zero-order valence-electron chi connectivity index (χ0n) is 18.9. The molecule has 4 aromatic rings. The third-order valence-electron chi connectivity index (χ3n) is 5.46. The van der Waals surface area contributed by atoms with E-state index in [0.29, 0.717) is 45.1 Å². The predicted octanol–water partition coefficient (Wildman–Crippen LogP) is 4.97. The number of H-pyrrole nitrogens is 1. The van der Waals surface area contributed by atoms with E-state index in [0.717, 1.165) is 0 Å². The lowest BCUT2D eigenvalue weighted by molar-refractivity contribution is 0.458. The van der Waals surface area contributed by atoms with Gasteiger partial charge in [-0.3, -0.25) is 14.2 Å². The van der Waals surface area contributed by atoms with Crippen molar-refractivity contribution in [3.8, 4) is 28.7 Å². The van der Waals surface area contributed by atoms with Gasteiger partial charge in [0.2, 0.25) is 5.75 Å². The highest BCUT2D eigenvalue weighted by atomic mass is 35.5. The molecule has 0 fully saturated rings. The highest BCUT2D eigenvalue weighted by Gasteiger charge is 2.15. The summed E-state index contributed by atoms with van der Waals surface area (Å²) < 4.78 is 20.5. The maximum absolute atomic E-state index is 13.4. The molecule has 0 aliphatic heterocycles. The largest absolute Gasteiger partial charge is 0.450 e. The normalized spacial score (nSPS) is 10.7. The number of pyridine rings is 1. The molecule has 35 heavy (non-hydrogen) atoms. The Kier molecular flexibility index (Phi) is 6.80. The Morgan fingerprint density at radius 1 is 1.17 bits per heavy atom. The quantitative estimate of drug-likeness (QED) is 0.411. The SMILES string of the molecule is CCc1[nH]c(=O)c(-c2ccc(F)cc2)cc1Cn1cnc(C)c(Oc2cc(Cl)cc(C#N)c2)c1=O. The van der Waals surface area contributed by atoms with Crippen molar-refractivity contribution < 1.29 is 9.13 Å². The summed E-state index contributed by atoms with van der Waals surface area (Å²) in [6.07, 6.45) is 1.94. The van der Waals surface area contributed by atoms with Gasteiger partial charge in [0.15, 0.2) is 0 Å². The van der Waals surface area contributed by atoms with Gasteiger partial charge in [-0.15, -0.1) is 0 Å². The van der Waals surface area contributed by atoms with Gasteiger partial charge in [-0.25, -0.2) is 9.37 Å². The van der Waals surface area contributed by atoms with Gasteiger partial charge >= 0.3 is 0 Å². The van der Waals surface area contributed by atoms with Crippen LogP contribution in [0.4, 0.5) is 4.39 Å². The van der Waals surface area contributed by atoms with E-state index in [2.05, 4.69) is 9.97 Å². The fraction of sp³-hybridized carbons (Fsp3) is 0.154. The van der Waals surface area contributed by atoms with Gasteiger partial charge in [-0.05, 0) is 60.9 Å². The second-order valence-corrected chi connectivity index (χ2v) is 8.29. The van der Waals surface area contributed by atoms with Crippen LogP contribution in [0.5, 0.6) is 11.5 Å².